The molecule has 0 bridgehead atoms. The van der Waals surface area contributed by atoms with E-state index in [2.05, 4.69) is 6.07 Å². The second kappa shape index (κ2) is 3.21. The van der Waals surface area contributed by atoms with Crippen LogP contribution in [0, 0.1) is 6.07 Å². The molecule has 0 aliphatic rings. The molecule has 1 radical (unpaired) electrons. The van der Waals surface area contributed by atoms with E-state index < -0.39 is 0 Å². The first-order valence-electron chi connectivity index (χ1n) is 3.38. The zero-order chi connectivity index (χ0) is 9.14. The fourth-order valence-corrected chi connectivity index (χ4v) is 0.894. The topological polar surface area (TPSA) is 70.5 Å². The summed E-state index contributed by atoms with van der Waals surface area (Å²) in [6, 6.07) is 4.35. The Morgan fingerprint density at radius 3 is 2.42 bits per heavy atom. The van der Waals surface area contributed by atoms with Gasteiger partial charge in [-0.05, 0) is 6.07 Å². The quantitative estimate of drug-likeness (QED) is 0.635. The van der Waals surface area contributed by atoms with Crippen LogP contribution in [0.2, 0.25) is 0 Å². The lowest BCUT2D eigenvalue weighted by Gasteiger charge is -2.10. The van der Waals surface area contributed by atoms with Crippen LogP contribution in [0.25, 0.3) is 0 Å². The third-order valence-corrected chi connectivity index (χ3v) is 1.53. The molecule has 0 aliphatic carbocycles. The van der Waals surface area contributed by atoms with Gasteiger partial charge in [0.25, 0.3) is 0 Å². The molecule has 0 unspecified atom stereocenters. The van der Waals surface area contributed by atoms with Crippen LogP contribution in [0.1, 0.15) is 0 Å². The molecular formula is C8H11N2O2. The highest BCUT2D eigenvalue weighted by atomic mass is 16.5. The monoisotopic (exact) mass is 167 g/mol. The van der Waals surface area contributed by atoms with Gasteiger partial charge in [-0.1, -0.05) is 0 Å². The van der Waals surface area contributed by atoms with Crippen LogP contribution in [0.5, 0.6) is 11.5 Å². The number of anilines is 2. The number of methoxy groups -OCH3 is 2. The lowest BCUT2D eigenvalue weighted by atomic mass is 10.2. The van der Waals surface area contributed by atoms with Crippen molar-refractivity contribution in [1.82, 2.24) is 0 Å². The standard InChI is InChI=1S/C8H11N2O2/c1-11-6-4-3-5(9)7(10)8(6)12-2/h3H,9-10H2,1-2H3. The first-order valence-corrected chi connectivity index (χ1v) is 3.38. The fraction of sp³-hybridized carbons (Fsp3) is 0.250. The second-order valence-electron chi connectivity index (χ2n) is 2.22. The van der Waals surface area contributed by atoms with Crippen molar-refractivity contribution in [3.05, 3.63) is 12.1 Å². The van der Waals surface area contributed by atoms with Crippen molar-refractivity contribution >= 4 is 11.4 Å². The van der Waals surface area contributed by atoms with Crippen molar-refractivity contribution in [1.29, 1.82) is 0 Å². The molecule has 0 saturated carbocycles. The lowest BCUT2D eigenvalue weighted by molar-refractivity contribution is 0.356. The molecular weight excluding hydrogens is 156 g/mol. The molecule has 0 saturated heterocycles. The molecule has 0 atom stereocenters. The summed E-state index contributed by atoms with van der Waals surface area (Å²) in [6.07, 6.45) is 0. The number of hydrogen-bond acceptors (Lipinski definition) is 4. The van der Waals surface area contributed by atoms with Crippen molar-refractivity contribution in [2.45, 2.75) is 0 Å². The predicted octanol–water partition coefficient (Wildman–Crippen LogP) is 0.668. The van der Waals surface area contributed by atoms with Crippen LogP contribution in [0.3, 0.4) is 0 Å². The highest BCUT2D eigenvalue weighted by Crippen LogP contribution is 2.36. The Balaban J connectivity index is 3.25. The number of benzene rings is 1. The van der Waals surface area contributed by atoms with Gasteiger partial charge in [0.1, 0.15) is 5.69 Å². The summed E-state index contributed by atoms with van der Waals surface area (Å²) >= 11 is 0. The first kappa shape index (κ1) is 8.52. The lowest BCUT2D eigenvalue weighted by Crippen LogP contribution is -2.00. The Morgan fingerprint density at radius 1 is 1.25 bits per heavy atom. The van der Waals surface area contributed by atoms with Gasteiger partial charge in [0.2, 0.25) is 0 Å². The van der Waals surface area contributed by atoms with E-state index >= 15 is 0 Å². The van der Waals surface area contributed by atoms with E-state index in [0.717, 1.165) is 0 Å². The van der Waals surface area contributed by atoms with E-state index in [9.17, 15) is 0 Å². The summed E-state index contributed by atoms with van der Waals surface area (Å²) in [6.45, 7) is 0. The van der Waals surface area contributed by atoms with Gasteiger partial charge in [-0.25, -0.2) is 0 Å². The van der Waals surface area contributed by atoms with Gasteiger partial charge >= 0.3 is 0 Å². The van der Waals surface area contributed by atoms with Gasteiger partial charge < -0.3 is 20.9 Å². The van der Waals surface area contributed by atoms with Gasteiger partial charge in [-0.3, -0.25) is 0 Å². The predicted molar refractivity (Wildman–Crippen MR) is 47.2 cm³/mol. The molecule has 12 heavy (non-hydrogen) atoms. The van der Waals surface area contributed by atoms with E-state index in [-0.39, 0.29) is 0 Å². The fourth-order valence-electron chi connectivity index (χ4n) is 0.894. The van der Waals surface area contributed by atoms with Gasteiger partial charge in [0.15, 0.2) is 11.5 Å². The van der Waals surface area contributed by atoms with E-state index in [1.54, 1.807) is 6.07 Å². The number of hydrogen-bond donors (Lipinski definition) is 2. The molecule has 0 spiro atoms. The Kier molecular flexibility index (Phi) is 2.28. The van der Waals surface area contributed by atoms with E-state index in [0.29, 0.717) is 22.9 Å². The average molecular weight is 167 g/mol. The number of rotatable bonds is 2. The summed E-state index contributed by atoms with van der Waals surface area (Å²) < 4.78 is 9.94. The first-order chi connectivity index (χ1) is 5.70. The molecule has 4 N–H and O–H groups in total. The van der Waals surface area contributed by atoms with Crippen LogP contribution in [-0.2, 0) is 0 Å². The molecule has 1 aromatic carbocycles. The highest BCUT2D eigenvalue weighted by Gasteiger charge is 2.09. The maximum absolute atomic E-state index is 5.62. The molecule has 1 aromatic rings. The summed E-state index contributed by atoms with van der Waals surface area (Å²) in [7, 11) is 3.02. The minimum atomic E-state index is 0.383. The largest absolute Gasteiger partial charge is 0.492 e. The Bertz CT molecular complexity index is 287. The molecule has 0 fully saturated rings. The van der Waals surface area contributed by atoms with Crippen molar-refractivity contribution < 1.29 is 9.47 Å². The van der Waals surface area contributed by atoms with Crippen LogP contribution in [0.4, 0.5) is 11.4 Å². The van der Waals surface area contributed by atoms with Crippen LogP contribution < -0.4 is 20.9 Å². The summed E-state index contributed by atoms with van der Waals surface area (Å²) in [4.78, 5) is 0. The molecule has 0 amide bonds. The molecule has 0 heterocycles. The van der Waals surface area contributed by atoms with Crippen molar-refractivity contribution in [2.24, 2.45) is 0 Å². The van der Waals surface area contributed by atoms with Crippen molar-refractivity contribution in [2.75, 3.05) is 25.7 Å². The van der Waals surface area contributed by atoms with Gasteiger partial charge in [-0.2, -0.15) is 0 Å². The molecule has 0 aromatic heterocycles. The normalized spacial score (nSPS) is 9.50. The maximum atomic E-state index is 5.62. The molecule has 4 heteroatoms. The van der Waals surface area contributed by atoms with Crippen LogP contribution in [-0.4, -0.2) is 14.2 Å². The Hall–Kier alpha value is -1.58. The van der Waals surface area contributed by atoms with Crippen LogP contribution >= 0.6 is 0 Å². The SMILES string of the molecule is COc1[c]cc(N)c(N)c1OC. The van der Waals surface area contributed by atoms with E-state index in [4.69, 9.17) is 20.9 Å². The van der Waals surface area contributed by atoms with Crippen LogP contribution in [0.15, 0.2) is 6.07 Å². The zero-order valence-corrected chi connectivity index (χ0v) is 7.05. The maximum Gasteiger partial charge on any atom is 0.186 e. The van der Waals surface area contributed by atoms with Gasteiger partial charge in [0.05, 0.1) is 19.9 Å². The third-order valence-electron chi connectivity index (χ3n) is 1.53. The van der Waals surface area contributed by atoms with Crippen molar-refractivity contribution in [3.63, 3.8) is 0 Å². The molecule has 1 rings (SSSR count). The summed E-state index contributed by atoms with van der Waals surface area (Å²) in [5, 5.41) is 0. The third kappa shape index (κ3) is 1.23. The molecule has 4 nitrogen and oxygen atoms in total. The number of ether oxygens (including phenoxy) is 2. The Labute approximate surface area is 71.1 Å². The average Bonchev–Trinajstić information content (AvgIpc) is 2.09. The van der Waals surface area contributed by atoms with Gasteiger partial charge in [0, 0.05) is 6.07 Å². The summed E-state index contributed by atoms with van der Waals surface area (Å²) in [5.41, 5.74) is 12.0. The second-order valence-corrected chi connectivity index (χ2v) is 2.22. The minimum absolute atomic E-state index is 0.383. The smallest absolute Gasteiger partial charge is 0.186 e. The minimum Gasteiger partial charge on any atom is -0.492 e. The molecule has 0 aliphatic heterocycles. The van der Waals surface area contributed by atoms with E-state index in [1.807, 2.05) is 0 Å². The van der Waals surface area contributed by atoms with E-state index in [1.165, 1.54) is 14.2 Å². The summed E-state index contributed by atoms with van der Waals surface area (Å²) in [5.74, 6) is 0.890. The van der Waals surface area contributed by atoms with Gasteiger partial charge in [-0.15, -0.1) is 0 Å². The molecule has 65 valence electrons. The number of nitrogens with two attached hydrogens (primary N) is 2. The highest BCUT2D eigenvalue weighted by molar-refractivity contribution is 5.74. The number of nitrogen functional groups attached to an aromatic ring is 2. The Morgan fingerprint density at radius 2 is 1.92 bits per heavy atom. The van der Waals surface area contributed by atoms with Crippen molar-refractivity contribution in [3.8, 4) is 11.5 Å². The zero-order valence-electron chi connectivity index (χ0n) is 7.05.